The molecule has 0 atom stereocenters. The average molecular weight is 1430 g/mol. The van der Waals surface area contributed by atoms with E-state index in [9.17, 15) is 0 Å². The molecule has 10 nitrogen and oxygen atoms in total. The van der Waals surface area contributed by atoms with E-state index >= 15 is 0 Å². The summed E-state index contributed by atoms with van der Waals surface area (Å²) in [6.45, 7) is 0. The third kappa shape index (κ3) is 11.4. The normalized spacial score (nSPS) is 11.6. The minimum atomic E-state index is 0.686. The molecule has 8 heterocycles. The second-order valence-corrected chi connectivity index (χ2v) is 28.1. The van der Waals surface area contributed by atoms with E-state index in [1.165, 1.54) is 54.7 Å². The molecule has 0 saturated heterocycles. The maximum Gasteiger partial charge on any atom is 0.160 e. The lowest BCUT2D eigenvalue weighted by molar-refractivity contribution is 1.16. The fourth-order valence-corrected chi connectivity index (χ4v) is 16.5. The first kappa shape index (κ1) is 65.1. The van der Waals surface area contributed by atoms with E-state index in [1.807, 2.05) is 97.3 Å². The van der Waals surface area contributed by atoms with Crippen LogP contribution in [-0.4, -0.2) is 48.2 Å². The lowest BCUT2D eigenvalue weighted by Crippen LogP contribution is -1.97. The second kappa shape index (κ2) is 27.5. The number of rotatable bonds is 12. The van der Waals surface area contributed by atoms with Gasteiger partial charge in [0.2, 0.25) is 0 Å². The van der Waals surface area contributed by atoms with Gasteiger partial charge in [-0.15, -0.1) is 0 Å². The van der Waals surface area contributed by atoms with E-state index in [1.54, 1.807) is 0 Å². The maximum atomic E-state index is 5.07. The SMILES string of the molecule is c1ccc(-c2cc(-c3ccc(-n4c5cc(-c6cccc7c6c6ccccc6n7-c6ccccc6)ccc5c5ncccc54)cc3)nc(-c3ccccc3)n2)cc1.c1ccc(-c2cc(-c3ccccc3)nc(-c3ccc(-n4c5cc(-c6cccc7c6c6ccccc6n7-c6ccccc6)ccc5c5ncccc54)cc3)n2)cc1. The fraction of sp³-hybridized carbons (Fsp3) is 0. The van der Waals surface area contributed by atoms with Gasteiger partial charge in [-0.25, -0.2) is 19.9 Å². The summed E-state index contributed by atoms with van der Waals surface area (Å²) in [5.41, 5.74) is 29.8. The van der Waals surface area contributed by atoms with Gasteiger partial charge in [0.05, 0.1) is 77.9 Å². The molecular formula is C102H66N10. The molecule has 0 amide bonds. The van der Waals surface area contributed by atoms with E-state index in [0.29, 0.717) is 11.6 Å². The van der Waals surface area contributed by atoms with Crippen LogP contribution in [0.2, 0.25) is 0 Å². The van der Waals surface area contributed by atoms with E-state index in [-0.39, 0.29) is 0 Å². The van der Waals surface area contributed by atoms with Gasteiger partial charge in [0.25, 0.3) is 0 Å². The molecule has 22 aromatic rings. The van der Waals surface area contributed by atoms with Crippen LogP contribution in [-0.2, 0) is 0 Å². The van der Waals surface area contributed by atoms with Gasteiger partial charge in [0.1, 0.15) is 0 Å². The van der Waals surface area contributed by atoms with Crippen LogP contribution in [0.3, 0.4) is 0 Å². The summed E-state index contributed by atoms with van der Waals surface area (Å²) in [5.74, 6) is 1.39. The summed E-state index contributed by atoms with van der Waals surface area (Å²) in [7, 11) is 0. The Morgan fingerprint density at radius 1 is 0.179 bits per heavy atom. The molecular weight excluding hydrogens is 1370 g/mol. The zero-order chi connectivity index (χ0) is 74.0. The zero-order valence-corrected chi connectivity index (χ0v) is 60.6. The minimum absolute atomic E-state index is 0.686. The quantitative estimate of drug-likeness (QED) is 0.121. The highest BCUT2D eigenvalue weighted by Gasteiger charge is 2.23. The molecule has 22 rings (SSSR count). The molecule has 14 aromatic carbocycles. The molecule has 8 aromatic heterocycles. The Balaban J connectivity index is 0.000000141. The summed E-state index contributed by atoms with van der Waals surface area (Å²) in [5, 5.41) is 7.17. The Bertz CT molecular complexity index is 6760. The van der Waals surface area contributed by atoms with Gasteiger partial charge < -0.3 is 18.3 Å². The van der Waals surface area contributed by atoms with E-state index in [4.69, 9.17) is 29.9 Å². The molecule has 0 aliphatic heterocycles. The highest BCUT2D eigenvalue weighted by Crippen LogP contribution is 2.44. The van der Waals surface area contributed by atoms with E-state index in [2.05, 4.69) is 322 Å². The third-order valence-electron chi connectivity index (χ3n) is 21.6. The second-order valence-electron chi connectivity index (χ2n) is 28.1. The monoisotopic (exact) mass is 1430 g/mol. The van der Waals surface area contributed by atoms with Gasteiger partial charge in [-0.2, -0.15) is 0 Å². The number of pyridine rings is 2. The summed E-state index contributed by atoms with van der Waals surface area (Å²) in [6, 6.07) is 137. The van der Waals surface area contributed by atoms with Crippen molar-refractivity contribution in [2.75, 3.05) is 0 Å². The molecule has 0 bridgehead atoms. The van der Waals surface area contributed by atoms with Crippen molar-refractivity contribution in [1.82, 2.24) is 48.2 Å². The first-order chi connectivity index (χ1) is 55.6. The molecule has 0 fully saturated rings. The summed E-state index contributed by atoms with van der Waals surface area (Å²) in [4.78, 5) is 30.0. The molecule has 0 aliphatic carbocycles. The first-order valence-electron chi connectivity index (χ1n) is 37.7. The van der Waals surface area contributed by atoms with Crippen LogP contribution in [0.4, 0.5) is 0 Å². The van der Waals surface area contributed by atoms with Crippen molar-refractivity contribution in [1.29, 1.82) is 0 Å². The molecule has 10 heteroatoms. The van der Waals surface area contributed by atoms with Crippen LogP contribution >= 0.6 is 0 Å². The molecule has 524 valence electrons. The molecule has 0 unspecified atom stereocenters. The molecule has 0 radical (unpaired) electrons. The predicted octanol–water partition coefficient (Wildman–Crippen LogP) is 25.5. The number of hydrogen-bond donors (Lipinski definition) is 0. The van der Waals surface area contributed by atoms with Crippen molar-refractivity contribution in [2.24, 2.45) is 0 Å². The van der Waals surface area contributed by atoms with Crippen LogP contribution in [0.25, 0.3) is 200 Å². The van der Waals surface area contributed by atoms with Gasteiger partial charge in [0, 0.05) is 101 Å². The number of fused-ring (bicyclic) bond motifs is 12. The Morgan fingerprint density at radius 3 is 0.875 bits per heavy atom. The van der Waals surface area contributed by atoms with Crippen molar-refractivity contribution in [2.45, 2.75) is 0 Å². The van der Waals surface area contributed by atoms with Crippen molar-refractivity contribution in [3.8, 4) is 113 Å². The number of para-hydroxylation sites is 4. The van der Waals surface area contributed by atoms with Gasteiger partial charge in [0.15, 0.2) is 11.6 Å². The largest absolute Gasteiger partial charge is 0.309 e. The topological polar surface area (TPSA) is 97.1 Å². The lowest BCUT2D eigenvalue weighted by Gasteiger charge is -2.12. The zero-order valence-electron chi connectivity index (χ0n) is 60.6. The number of benzene rings is 14. The predicted molar refractivity (Wildman–Crippen MR) is 460 cm³/mol. The van der Waals surface area contributed by atoms with Crippen molar-refractivity contribution >= 4 is 87.5 Å². The molecule has 0 saturated carbocycles. The Hall–Kier alpha value is -15.3. The summed E-state index contributed by atoms with van der Waals surface area (Å²) in [6.07, 6.45) is 3.76. The van der Waals surface area contributed by atoms with Gasteiger partial charge in [-0.1, -0.05) is 243 Å². The number of hydrogen-bond acceptors (Lipinski definition) is 6. The standard InChI is InChI=1S/2C51H33N5/c1-4-14-34(15-5-1)43-33-44(54-51(53-43)36-16-6-2-7-17-36)35-25-28-39(29-26-35)56-47-24-13-31-52-50(47)42-30-27-37(32-48(42)56)40-21-12-23-46-49(40)41-20-10-11-22-45(41)55(46)38-18-8-3-9-19-38;1-4-14-34(15-5-1)43-33-44(35-16-6-2-7-17-35)54-51(53-43)36-25-28-39(29-26-36)56-47-24-13-31-52-50(47)42-30-27-37(32-48(42)56)40-21-12-23-46-49(40)41-20-10-11-22-45(41)55(46)38-18-8-3-9-19-38/h2*1-33H. The van der Waals surface area contributed by atoms with E-state index in [0.717, 1.165) is 134 Å². The fourth-order valence-electron chi connectivity index (χ4n) is 16.5. The van der Waals surface area contributed by atoms with Crippen LogP contribution in [0.5, 0.6) is 0 Å². The highest BCUT2D eigenvalue weighted by molar-refractivity contribution is 6.19. The minimum Gasteiger partial charge on any atom is -0.309 e. The van der Waals surface area contributed by atoms with Crippen LogP contribution in [0.15, 0.2) is 401 Å². The molecule has 0 spiro atoms. The van der Waals surface area contributed by atoms with Crippen molar-refractivity contribution in [3.05, 3.63) is 401 Å². The smallest absolute Gasteiger partial charge is 0.160 e. The summed E-state index contributed by atoms with van der Waals surface area (Å²) < 4.78 is 9.41. The molecule has 0 aliphatic rings. The van der Waals surface area contributed by atoms with Crippen molar-refractivity contribution < 1.29 is 0 Å². The molecule has 112 heavy (non-hydrogen) atoms. The van der Waals surface area contributed by atoms with Gasteiger partial charge in [-0.3, -0.25) is 9.97 Å². The lowest BCUT2D eigenvalue weighted by atomic mass is 9.98. The highest BCUT2D eigenvalue weighted by atomic mass is 15.0. The van der Waals surface area contributed by atoms with E-state index < -0.39 is 0 Å². The Morgan fingerprint density at radius 2 is 0.473 bits per heavy atom. The first-order valence-corrected chi connectivity index (χ1v) is 37.7. The van der Waals surface area contributed by atoms with Gasteiger partial charge >= 0.3 is 0 Å². The number of nitrogens with zero attached hydrogens (tertiary/aromatic N) is 10. The third-order valence-corrected chi connectivity index (χ3v) is 21.6. The van der Waals surface area contributed by atoms with Gasteiger partial charge in [-0.05, 0) is 168 Å². The summed E-state index contributed by atoms with van der Waals surface area (Å²) >= 11 is 0. The average Bonchev–Trinajstić information content (AvgIpc) is 1.57. The van der Waals surface area contributed by atoms with Crippen LogP contribution in [0.1, 0.15) is 0 Å². The van der Waals surface area contributed by atoms with Crippen molar-refractivity contribution in [3.63, 3.8) is 0 Å². The Kier molecular flexibility index (Phi) is 16.0. The maximum absolute atomic E-state index is 5.07. The van der Waals surface area contributed by atoms with Crippen LogP contribution < -0.4 is 0 Å². The Labute approximate surface area is 645 Å². The molecule has 0 N–H and O–H groups in total. The van der Waals surface area contributed by atoms with Crippen LogP contribution in [0, 0.1) is 0 Å². The number of aromatic nitrogens is 10.